The molecule has 4 heterocycles. The number of nitrogens with zero attached hydrogens (tertiary/aromatic N) is 3. The van der Waals surface area contributed by atoms with Gasteiger partial charge in [-0.25, -0.2) is 10.2 Å². The van der Waals surface area contributed by atoms with E-state index >= 15 is 0 Å². The third-order valence-corrected chi connectivity index (χ3v) is 10.8. The van der Waals surface area contributed by atoms with E-state index in [2.05, 4.69) is 21.7 Å². The quantitative estimate of drug-likeness (QED) is 0.409. The molecule has 2 amide bonds. The Morgan fingerprint density at radius 1 is 0.911 bits per heavy atom. The zero-order valence-corrected chi connectivity index (χ0v) is 27.2. The van der Waals surface area contributed by atoms with E-state index in [9.17, 15) is 14.8 Å². The van der Waals surface area contributed by atoms with E-state index in [1.54, 1.807) is 17.0 Å². The van der Waals surface area contributed by atoms with Crippen LogP contribution in [0.15, 0.2) is 42.5 Å². The lowest BCUT2D eigenvalue weighted by molar-refractivity contribution is -0.857. The van der Waals surface area contributed by atoms with Gasteiger partial charge in [-0.05, 0) is 61.4 Å². The number of quaternary nitrogens is 1. The van der Waals surface area contributed by atoms with Crippen LogP contribution in [0, 0.1) is 11.1 Å². The van der Waals surface area contributed by atoms with Crippen LogP contribution in [0.1, 0.15) is 43.2 Å². The summed E-state index contributed by atoms with van der Waals surface area (Å²) in [6.45, 7) is 6.33. The largest absolute Gasteiger partial charge is 0.608 e. The fraction of sp³-hybridized carbons (Fsp3) is 0.576. The number of carbonyl (C=O) groups is 2. The molecule has 2 aromatic carbocycles. The van der Waals surface area contributed by atoms with Crippen molar-refractivity contribution in [2.45, 2.75) is 63.1 Å². The number of piperidine rings is 2. The second-order valence-electron chi connectivity index (χ2n) is 12.8. The number of ether oxygens (including phenoxy) is 1. The molecule has 4 aliphatic rings. The highest BCUT2D eigenvalue weighted by Gasteiger charge is 2.37. The zero-order chi connectivity index (χ0) is 31.3. The van der Waals surface area contributed by atoms with Crippen LogP contribution < -0.4 is 15.9 Å². The lowest BCUT2D eigenvalue weighted by Crippen LogP contribution is -3.15. The van der Waals surface area contributed by atoms with Gasteiger partial charge in [0.1, 0.15) is 6.04 Å². The number of anilines is 1. The number of piperazine rings is 1. The third-order valence-electron chi connectivity index (χ3n) is 10.1. The summed E-state index contributed by atoms with van der Waals surface area (Å²) < 4.78 is 6.01. The molecule has 0 aliphatic carbocycles. The molecule has 2 unspecified atom stereocenters. The molecule has 6 rings (SSSR count). The Bertz CT molecular complexity index is 1330. The number of likely N-dealkylation sites (tertiary alicyclic amines) is 2. The molecule has 3 saturated heterocycles. The molecule has 0 bridgehead atoms. The number of aryl methyl sites for hydroxylation is 1. The number of para-hydroxylation sites is 1. The van der Waals surface area contributed by atoms with E-state index in [1.807, 2.05) is 29.2 Å². The number of hydrogen-bond donors (Lipinski definition) is 3. The van der Waals surface area contributed by atoms with E-state index in [0.29, 0.717) is 55.1 Å². The molecule has 3 fully saturated rings. The first-order valence-electron chi connectivity index (χ1n) is 16.4. The number of halogens is 2. The van der Waals surface area contributed by atoms with Gasteiger partial charge in [0.05, 0.1) is 15.7 Å². The van der Waals surface area contributed by atoms with E-state index < -0.39 is 12.2 Å². The molecule has 10 nitrogen and oxygen atoms in total. The van der Waals surface area contributed by atoms with Crippen molar-refractivity contribution in [3.05, 3.63) is 68.8 Å². The lowest BCUT2D eigenvalue weighted by Gasteiger charge is -2.41. The van der Waals surface area contributed by atoms with Crippen LogP contribution in [-0.2, 0) is 22.4 Å². The highest BCUT2D eigenvalue weighted by atomic mass is 35.5. The topological polar surface area (TPSA) is 105 Å². The van der Waals surface area contributed by atoms with Gasteiger partial charge in [0.15, 0.2) is 6.10 Å². The van der Waals surface area contributed by atoms with Crippen molar-refractivity contribution in [2.75, 3.05) is 57.8 Å². The molecular weight excluding hydrogens is 615 g/mol. The summed E-state index contributed by atoms with van der Waals surface area (Å²) in [6.07, 6.45) is 3.67. The Hall–Kier alpha value is -2.60. The van der Waals surface area contributed by atoms with E-state index in [0.717, 1.165) is 63.1 Å². The van der Waals surface area contributed by atoms with Crippen LogP contribution in [0.3, 0.4) is 0 Å². The number of amides is 2. The fourth-order valence-electron chi connectivity index (χ4n) is 7.42. The van der Waals surface area contributed by atoms with Crippen LogP contribution in [0.2, 0.25) is 10.0 Å². The monoisotopic (exact) mass is 658 g/mol. The van der Waals surface area contributed by atoms with Gasteiger partial charge in [0.2, 0.25) is 0 Å². The Morgan fingerprint density at radius 2 is 1.62 bits per heavy atom. The second kappa shape index (κ2) is 14.9. The molecule has 4 aliphatic heterocycles. The number of rotatable bonds is 6. The van der Waals surface area contributed by atoms with Crippen LogP contribution in [0.25, 0.3) is 0 Å². The lowest BCUT2D eigenvalue weighted by atomic mass is 9.86. The third kappa shape index (κ3) is 7.86. The summed E-state index contributed by atoms with van der Waals surface area (Å²) in [6, 6.07) is 13.6. The SMILES string of the molecule is O=C(O[C@H](Cc1ccc(Cl)c(Cl)c1)C(=O)N1CCC(N2CCNCC2)CC1)N1CCC(C2CCc3ccccc3N[NH+]2[O-])CC1. The first-order valence-corrected chi connectivity index (χ1v) is 17.1. The van der Waals surface area contributed by atoms with E-state index in [4.69, 9.17) is 27.9 Å². The average Bonchev–Trinajstić information content (AvgIpc) is 3.24. The second-order valence-corrected chi connectivity index (χ2v) is 13.6. The molecule has 3 atom stereocenters. The molecule has 244 valence electrons. The summed E-state index contributed by atoms with van der Waals surface area (Å²) in [4.78, 5) is 33.4. The van der Waals surface area contributed by atoms with Gasteiger partial charge in [-0.1, -0.05) is 47.5 Å². The van der Waals surface area contributed by atoms with Gasteiger partial charge in [0, 0.05) is 77.2 Å². The molecule has 3 N–H and O–H groups in total. The van der Waals surface area contributed by atoms with Crippen LogP contribution in [-0.4, -0.2) is 97.2 Å². The Labute approximate surface area is 275 Å². The first-order chi connectivity index (χ1) is 21.9. The maximum absolute atomic E-state index is 13.9. The maximum atomic E-state index is 13.9. The minimum absolute atomic E-state index is 0.0639. The summed E-state index contributed by atoms with van der Waals surface area (Å²) in [5, 5.41) is 17.4. The number of hydroxylamine groups is 1. The summed E-state index contributed by atoms with van der Waals surface area (Å²) >= 11 is 12.4. The van der Waals surface area contributed by atoms with E-state index in [-0.39, 0.29) is 29.5 Å². The van der Waals surface area contributed by atoms with Gasteiger partial charge in [-0.2, -0.15) is 0 Å². The van der Waals surface area contributed by atoms with Gasteiger partial charge >= 0.3 is 6.09 Å². The first kappa shape index (κ1) is 32.3. The normalized spacial score (nSPS) is 24.3. The summed E-state index contributed by atoms with van der Waals surface area (Å²) in [5.74, 6) is 0.0201. The highest BCUT2D eigenvalue weighted by molar-refractivity contribution is 6.42. The molecule has 45 heavy (non-hydrogen) atoms. The Balaban J connectivity index is 1.07. The van der Waals surface area contributed by atoms with Gasteiger partial charge in [-0.15, -0.1) is 0 Å². The van der Waals surface area contributed by atoms with Crippen molar-refractivity contribution >= 4 is 40.9 Å². The maximum Gasteiger partial charge on any atom is 0.410 e. The minimum atomic E-state index is -0.964. The molecule has 0 saturated carbocycles. The van der Waals surface area contributed by atoms with Crippen molar-refractivity contribution in [1.82, 2.24) is 20.0 Å². The molecule has 12 heteroatoms. The van der Waals surface area contributed by atoms with Gasteiger partial charge in [-0.3, -0.25) is 14.9 Å². The number of hydrogen-bond acceptors (Lipinski definition) is 7. The molecule has 0 radical (unpaired) electrons. The molecule has 2 aromatic rings. The van der Waals surface area contributed by atoms with Crippen molar-refractivity contribution < 1.29 is 19.5 Å². The van der Waals surface area contributed by atoms with Crippen molar-refractivity contribution in [2.24, 2.45) is 5.92 Å². The van der Waals surface area contributed by atoms with Crippen LogP contribution in [0.5, 0.6) is 0 Å². The summed E-state index contributed by atoms with van der Waals surface area (Å²) in [7, 11) is 0. The predicted octanol–water partition coefficient (Wildman–Crippen LogP) is 3.37. The average molecular weight is 660 g/mol. The Morgan fingerprint density at radius 3 is 2.36 bits per heavy atom. The zero-order valence-electron chi connectivity index (χ0n) is 25.7. The molecule has 0 spiro atoms. The predicted molar refractivity (Wildman–Crippen MR) is 175 cm³/mol. The Kier molecular flexibility index (Phi) is 10.7. The number of carbonyl (C=O) groups excluding carboxylic acids is 2. The van der Waals surface area contributed by atoms with Crippen molar-refractivity contribution in [3.63, 3.8) is 0 Å². The fourth-order valence-corrected chi connectivity index (χ4v) is 7.74. The summed E-state index contributed by atoms with van der Waals surface area (Å²) in [5.41, 5.74) is 5.96. The van der Waals surface area contributed by atoms with Crippen molar-refractivity contribution in [3.8, 4) is 0 Å². The van der Waals surface area contributed by atoms with Gasteiger partial charge in [0.25, 0.3) is 5.91 Å². The molecular formula is C33H44Cl2N6O4. The van der Waals surface area contributed by atoms with Crippen LogP contribution >= 0.6 is 23.2 Å². The molecule has 0 aromatic heterocycles. The standard InChI is InChI=1S/C33H44Cl2N6O4/c34-27-7-5-23(21-28(27)35)22-31(32(42)39-17-11-26(12-18-39)38-19-13-36-14-20-38)45-33(43)40-15-9-25(10-16-40)30-8-6-24-3-1-2-4-29(24)37-41(30)44/h1-5,7,21,25-26,30-31,36-37,41H,6,8-20,22H2/t30?,31-/m1/s1. The minimum Gasteiger partial charge on any atom is -0.608 e. The number of benzene rings is 2. The smallest absolute Gasteiger partial charge is 0.410 e. The number of fused-ring (bicyclic) bond motifs is 1. The van der Waals surface area contributed by atoms with Crippen LogP contribution in [0.4, 0.5) is 10.5 Å². The number of nitrogens with one attached hydrogen (secondary N) is 3. The highest BCUT2D eigenvalue weighted by Crippen LogP contribution is 2.28. The van der Waals surface area contributed by atoms with Gasteiger partial charge < -0.3 is 25.1 Å². The van der Waals surface area contributed by atoms with E-state index in [1.165, 1.54) is 5.56 Å². The van der Waals surface area contributed by atoms with Crippen molar-refractivity contribution in [1.29, 1.82) is 0 Å².